The molecule has 3 rings (SSSR count). The minimum Gasteiger partial charge on any atom is -0.341 e. The van der Waals surface area contributed by atoms with E-state index < -0.39 is 0 Å². The number of amides is 1. The summed E-state index contributed by atoms with van der Waals surface area (Å²) < 4.78 is 0. The molecule has 2 heterocycles. The average Bonchev–Trinajstić information content (AvgIpc) is 3.21. The summed E-state index contributed by atoms with van der Waals surface area (Å²) in [6, 6.07) is 0. The van der Waals surface area contributed by atoms with E-state index in [1.807, 2.05) is 4.90 Å². The van der Waals surface area contributed by atoms with Crippen LogP contribution in [0.4, 0.5) is 0 Å². The fourth-order valence-electron chi connectivity index (χ4n) is 2.89. The average molecular weight is 380 g/mol. The number of thiazole rings is 1. The van der Waals surface area contributed by atoms with Crippen molar-refractivity contribution < 1.29 is 4.79 Å². The Morgan fingerprint density at radius 1 is 1.39 bits per heavy atom. The Morgan fingerprint density at radius 3 is 2.83 bits per heavy atom. The fourth-order valence-corrected chi connectivity index (χ4v) is 3.93. The van der Waals surface area contributed by atoms with Crippen molar-refractivity contribution in [2.24, 2.45) is 5.92 Å². The summed E-state index contributed by atoms with van der Waals surface area (Å²) in [5, 5.41) is 6.69. The molecule has 1 saturated carbocycles. The van der Waals surface area contributed by atoms with Gasteiger partial charge in [-0.25, -0.2) is 4.98 Å². The highest BCUT2D eigenvalue weighted by molar-refractivity contribution is 7.09. The van der Waals surface area contributed by atoms with Gasteiger partial charge in [0.1, 0.15) is 0 Å². The van der Waals surface area contributed by atoms with Gasteiger partial charge in [-0.15, -0.1) is 36.2 Å². The second-order valence-corrected chi connectivity index (χ2v) is 7.17. The summed E-state index contributed by atoms with van der Waals surface area (Å²) in [5.41, 5.74) is 1.18. The number of aromatic nitrogens is 1. The van der Waals surface area contributed by atoms with E-state index in [0.717, 1.165) is 44.8 Å². The van der Waals surface area contributed by atoms with Crippen LogP contribution in [0.2, 0.25) is 0 Å². The summed E-state index contributed by atoms with van der Waals surface area (Å²) in [6.45, 7) is 5.41. The van der Waals surface area contributed by atoms with Crippen LogP contribution in [0.15, 0.2) is 5.38 Å². The summed E-state index contributed by atoms with van der Waals surface area (Å²) in [4.78, 5) is 19.0. The normalized spacial score (nSPS) is 20.6. The Kier molecular flexibility index (Phi) is 8.83. The number of nitrogens with zero attached hydrogens (tertiary/aromatic N) is 2. The molecule has 1 aromatic rings. The molecule has 0 bridgehead atoms. The van der Waals surface area contributed by atoms with E-state index in [4.69, 9.17) is 4.98 Å². The van der Waals surface area contributed by atoms with Crippen LogP contribution in [0.5, 0.6) is 0 Å². The monoisotopic (exact) mass is 379 g/mol. The molecule has 1 saturated heterocycles. The molecule has 1 unspecified atom stereocenters. The summed E-state index contributed by atoms with van der Waals surface area (Å²) in [6.07, 6.45) is 5.92. The predicted octanol–water partition coefficient (Wildman–Crippen LogP) is 3.25. The molecule has 0 aromatic carbocycles. The van der Waals surface area contributed by atoms with E-state index in [9.17, 15) is 4.79 Å². The summed E-state index contributed by atoms with van der Waals surface area (Å²) >= 11 is 1.76. The number of carbonyl (C=O) groups excluding carboxylic acids is 1. The number of halogens is 2. The first kappa shape index (κ1) is 20.7. The minimum atomic E-state index is 0. The highest BCUT2D eigenvalue weighted by Crippen LogP contribution is 2.29. The molecule has 7 heteroatoms. The van der Waals surface area contributed by atoms with Crippen LogP contribution in [0.25, 0.3) is 0 Å². The lowest BCUT2D eigenvalue weighted by molar-refractivity contribution is -0.131. The smallest absolute Gasteiger partial charge is 0.236 e. The maximum absolute atomic E-state index is 12.3. The summed E-state index contributed by atoms with van der Waals surface area (Å²) in [7, 11) is 0. The Hall–Kier alpha value is -0.360. The summed E-state index contributed by atoms with van der Waals surface area (Å²) in [5.74, 6) is 1.53. The Balaban J connectivity index is 0.00000132. The van der Waals surface area contributed by atoms with Gasteiger partial charge in [-0.3, -0.25) is 4.79 Å². The molecule has 2 aliphatic rings. The number of carbonyl (C=O) groups is 1. The van der Waals surface area contributed by atoms with Crippen molar-refractivity contribution in [1.29, 1.82) is 0 Å². The van der Waals surface area contributed by atoms with Crippen LogP contribution >= 0.6 is 36.2 Å². The van der Waals surface area contributed by atoms with Crippen molar-refractivity contribution in [3.63, 3.8) is 0 Å². The molecule has 2 fully saturated rings. The lowest BCUT2D eigenvalue weighted by Gasteiger charge is -2.32. The number of nitrogens with one attached hydrogen (secondary N) is 1. The van der Waals surface area contributed by atoms with Gasteiger partial charge in [0.05, 0.1) is 17.2 Å². The van der Waals surface area contributed by atoms with Crippen molar-refractivity contribution in [2.45, 2.75) is 44.9 Å². The number of piperidine rings is 1. The molecule has 0 radical (unpaired) electrons. The van der Waals surface area contributed by atoms with E-state index in [1.165, 1.54) is 23.5 Å². The van der Waals surface area contributed by atoms with Gasteiger partial charge in [-0.1, -0.05) is 6.92 Å². The third-order valence-electron chi connectivity index (χ3n) is 4.46. The van der Waals surface area contributed by atoms with Gasteiger partial charge in [0.15, 0.2) is 0 Å². The molecule has 1 aliphatic carbocycles. The zero-order valence-electron chi connectivity index (χ0n) is 13.6. The Morgan fingerprint density at radius 2 is 2.17 bits per heavy atom. The van der Waals surface area contributed by atoms with Crippen molar-refractivity contribution in [3.05, 3.63) is 16.1 Å². The minimum absolute atomic E-state index is 0. The van der Waals surface area contributed by atoms with Crippen LogP contribution in [-0.4, -0.2) is 42.0 Å². The molecule has 0 spiro atoms. The van der Waals surface area contributed by atoms with Crippen LogP contribution in [0.1, 0.15) is 49.2 Å². The van der Waals surface area contributed by atoms with Crippen molar-refractivity contribution >= 4 is 42.1 Å². The van der Waals surface area contributed by atoms with E-state index >= 15 is 0 Å². The standard InChI is InChI=1S/C16H25N3OS.2ClH/c1-2-14-11-21-16(18-14)13-4-3-7-19(10-13)15(20)9-17-8-12-5-6-12;;/h11-13,17H,2-10H2,1H3;2*1H. The quantitative estimate of drug-likeness (QED) is 0.824. The zero-order valence-corrected chi connectivity index (χ0v) is 16.1. The van der Waals surface area contributed by atoms with Crippen LogP contribution in [-0.2, 0) is 11.2 Å². The number of aryl methyl sites for hydroxylation is 1. The molecule has 1 N–H and O–H groups in total. The van der Waals surface area contributed by atoms with Gasteiger partial charge in [-0.2, -0.15) is 0 Å². The molecule has 4 nitrogen and oxygen atoms in total. The predicted molar refractivity (Wildman–Crippen MR) is 100 cm³/mol. The van der Waals surface area contributed by atoms with Crippen molar-refractivity contribution in [1.82, 2.24) is 15.2 Å². The van der Waals surface area contributed by atoms with E-state index in [-0.39, 0.29) is 30.7 Å². The molecule has 1 atom stereocenters. The van der Waals surface area contributed by atoms with E-state index in [1.54, 1.807) is 11.3 Å². The first-order valence-electron chi connectivity index (χ1n) is 8.19. The fraction of sp³-hybridized carbons (Fsp3) is 0.750. The van der Waals surface area contributed by atoms with Gasteiger partial charge >= 0.3 is 0 Å². The zero-order chi connectivity index (χ0) is 14.7. The first-order chi connectivity index (χ1) is 10.3. The van der Waals surface area contributed by atoms with Crippen LogP contribution in [0, 0.1) is 5.92 Å². The topological polar surface area (TPSA) is 45.2 Å². The second-order valence-electron chi connectivity index (χ2n) is 6.28. The largest absolute Gasteiger partial charge is 0.341 e. The number of hydrogen-bond donors (Lipinski definition) is 1. The molecule has 23 heavy (non-hydrogen) atoms. The molecular formula is C16H27Cl2N3OS. The van der Waals surface area contributed by atoms with Gasteiger partial charge < -0.3 is 10.2 Å². The first-order valence-corrected chi connectivity index (χ1v) is 9.07. The third-order valence-corrected chi connectivity index (χ3v) is 5.52. The number of likely N-dealkylation sites (tertiary alicyclic amines) is 1. The maximum Gasteiger partial charge on any atom is 0.236 e. The molecular weight excluding hydrogens is 353 g/mol. The molecule has 132 valence electrons. The SMILES string of the molecule is CCc1csc(C2CCCN(C(=O)CNCC3CC3)C2)n1.Cl.Cl. The van der Waals surface area contributed by atoms with Gasteiger partial charge in [-0.05, 0) is 44.6 Å². The second kappa shape index (κ2) is 9.82. The third kappa shape index (κ3) is 5.89. The lowest BCUT2D eigenvalue weighted by atomic mass is 9.98. The molecule has 1 amide bonds. The van der Waals surface area contributed by atoms with E-state index in [2.05, 4.69) is 17.6 Å². The molecule has 1 aliphatic heterocycles. The van der Waals surface area contributed by atoms with Crippen LogP contribution < -0.4 is 5.32 Å². The van der Waals surface area contributed by atoms with Crippen molar-refractivity contribution in [3.8, 4) is 0 Å². The lowest BCUT2D eigenvalue weighted by Crippen LogP contribution is -2.43. The maximum atomic E-state index is 12.3. The van der Waals surface area contributed by atoms with Gasteiger partial charge in [0.25, 0.3) is 0 Å². The van der Waals surface area contributed by atoms with Gasteiger partial charge in [0.2, 0.25) is 5.91 Å². The number of hydrogen-bond acceptors (Lipinski definition) is 4. The highest BCUT2D eigenvalue weighted by atomic mass is 35.5. The van der Waals surface area contributed by atoms with Gasteiger partial charge in [0, 0.05) is 24.4 Å². The molecule has 1 aromatic heterocycles. The van der Waals surface area contributed by atoms with E-state index in [0.29, 0.717) is 12.5 Å². The highest BCUT2D eigenvalue weighted by Gasteiger charge is 2.27. The Bertz CT molecular complexity index is 493. The van der Waals surface area contributed by atoms with Crippen LogP contribution in [0.3, 0.4) is 0 Å². The number of rotatable bonds is 6. The van der Waals surface area contributed by atoms with Crippen molar-refractivity contribution in [2.75, 3.05) is 26.2 Å². The Labute approximate surface area is 155 Å².